The fourth-order valence-corrected chi connectivity index (χ4v) is 3.83. The summed E-state index contributed by atoms with van der Waals surface area (Å²) in [5.41, 5.74) is 1.85. The SMILES string of the molecule is COc1ccc(CN2C(=O)C(c3ccc(F)cc3)=C(N3CCOCC3)C2=O)cc1OC. The van der Waals surface area contributed by atoms with Gasteiger partial charge < -0.3 is 19.1 Å². The Kier molecular flexibility index (Phi) is 5.90. The Morgan fingerprint density at radius 2 is 1.61 bits per heavy atom. The molecule has 2 amide bonds. The molecular formula is C23H23FN2O5. The Morgan fingerprint density at radius 3 is 2.26 bits per heavy atom. The van der Waals surface area contributed by atoms with Crippen LogP contribution < -0.4 is 9.47 Å². The molecule has 2 heterocycles. The van der Waals surface area contributed by atoms with E-state index in [-0.39, 0.29) is 18.0 Å². The molecule has 0 aliphatic carbocycles. The van der Waals surface area contributed by atoms with Crippen LogP contribution in [0.5, 0.6) is 11.5 Å². The first kappa shape index (κ1) is 20.9. The van der Waals surface area contributed by atoms with Gasteiger partial charge in [0.15, 0.2) is 11.5 Å². The number of amides is 2. The van der Waals surface area contributed by atoms with Crippen LogP contribution in [0.4, 0.5) is 4.39 Å². The molecule has 0 spiro atoms. The van der Waals surface area contributed by atoms with Crippen molar-refractivity contribution < 1.29 is 28.2 Å². The number of nitrogens with zero attached hydrogens (tertiary/aromatic N) is 2. The summed E-state index contributed by atoms with van der Waals surface area (Å²) >= 11 is 0. The minimum atomic E-state index is -0.409. The van der Waals surface area contributed by atoms with Crippen LogP contribution in [0, 0.1) is 5.82 Å². The van der Waals surface area contributed by atoms with E-state index < -0.39 is 11.7 Å². The molecule has 0 unspecified atom stereocenters. The van der Waals surface area contributed by atoms with Gasteiger partial charge in [-0.2, -0.15) is 0 Å². The van der Waals surface area contributed by atoms with E-state index in [1.54, 1.807) is 25.3 Å². The molecule has 2 aromatic carbocycles. The van der Waals surface area contributed by atoms with Crippen molar-refractivity contribution in [3.63, 3.8) is 0 Å². The number of halogens is 1. The normalized spacial score (nSPS) is 16.9. The first-order chi connectivity index (χ1) is 15.0. The van der Waals surface area contributed by atoms with Gasteiger partial charge in [0.2, 0.25) is 0 Å². The quantitative estimate of drug-likeness (QED) is 0.661. The maximum Gasteiger partial charge on any atom is 0.278 e. The number of carbonyl (C=O) groups is 2. The summed E-state index contributed by atoms with van der Waals surface area (Å²) < 4.78 is 29.5. The number of morpholine rings is 1. The van der Waals surface area contributed by atoms with Gasteiger partial charge in [-0.25, -0.2) is 4.39 Å². The van der Waals surface area contributed by atoms with E-state index >= 15 is 0 Å². The van der Waals surface area contributed by atoms with Crippen LogP contribution in [0.15, 0.2) is 48.2 Å². The maximum absolute atomic E-state index is 13.5. The second-order valence-electron chi connectivity index (χ2n) is 7.22. The number of imide groups is 1. The van der Waals surface area contributed by atoms with Crippen LogP contribution in [0.3, 0.4) is 0 Å². The van der Waals surface area contributed by atoms with E-state index in [4.69, 9.17) is 14.2 Å². The van der Waals surface area contributed by atoms with Crippen molar-refractivity contribution in [2.24, 2.45) is 0 Å². The molecule has 7 nitrogen and oxygen atoms in total. The standard InChI is InChI=1S/C23H23FN2O5/c1-29-18-8-3-15(13-19(18)30-2)14-26-22(27)20(16-4-6-17(24)7-5-16)21(23(26)28)25-9-11-31-12-10-25/h3-8,13H,9-12,14H2,1-2H3. The summed E-state index contributed by atoms with van der Waals surface area (Å²) in [6.45, 7) is 2.03. The van der Waals surface area contributed by atoms with Crippen LogP contribution in [0.25, 0.3) is 5.57 Å². The average Bonchev–Trinajstić information content (AvgIpc) is 3.04. The third kappa shape index (κ3) is 3.98. The highest BCUT2D eigenvalue weighted by atomic mass is 19.1. The molecule has 0 bridgehead atoms. The average molecular weight is 426 g/mol. The van der Waals surface area contributed by atoms with Crippen molar-refractivity contribution in [1.29, 1.82) is 0 Å². The fraction of sp³-hybridized carbons (Fsp3) is 0.304. The first-order valence-electron chi connectivity index (χ1n) is 9.93. The first-order valence-corrected chi connectivity index (χ1v) is 9.93. The van der Waals surface area contributed by atoms with Crippen molar-refractivity contribution >= 4 is 17.4 Å². The maximum atomic E-state index is 13.5. The van der Waals surface area contributed by atoms with Crippen LogP contribution in [-0.2, 0) is 20.9 Å². The molecule has 0 N–H and O–H groups in total. The lowest BCUT2D eigenvalue weighted by Crippen LogP contribution is -2.40. The van der Waals surface area contributed by atoms with Gasteiger partial charge >= 0.3 is 0 Å². The molecule has 0 radical (unpaired) electrons. The van der Waals surface area contributed by atoms with Gasteiger partial charge in [0.1, 0.15) is 11.5 Å². The molecule has 1 saturated heterocycles. The smallest absolute Gasteiger partial charge is 0.278 e. The highest BCUT2D eigenvalue weighted by molar-refractivity contribution is 6.35. The van der Waals surface area contributed by atoms with E-state index in [1.807, 2.05) is 4.90 Å². The van der Waals surface area contributed by atoms with Crippen LogP contribution in [-0.4, -0.2) is 62.1 Å². The molecule has 8 heteroatoms. The van der Waals surface area contributed by atoms with Crippen molar-refractivity contribution in [1.82, 2.24) is 9.80 Å². The van der Waals surface area contributed by atoms with E-state index in [9.17, 15) is 14.0 Å². The fourth-order valence-electron chi connectivity index (χ4n) is 3.83. The van der Waals surface area contributed by atoms with Crippen molar-refractivity contribution in [3.8, 4) is 11.5 Å². The molecule has 0 aromatic heterocycles. The predicted molar refractivity (Wildman–Crippen MR) is 111 cm³/mol. The van der Waals surface area contributed by atoms with Crippen molar-refractivity contribution in [2.45, 2.75) is 6.54 Å². The number of rotatable bonds is 6. The van der Waals surface area contributed by atoms with E-state index in [0.29, 0.717) is 49.1 Å². The van der Waals surface area contributed by atoms with Gasteiger partial charge in [0, 0.05) is 13.1 Å². The van der Waals surface area contributed by atoms with Gasteiger partial charge in [-0.15, -0.1) is 0 Å². The molecule has 2 aromatic rings. The Labute approximate surface area is 179 Å². The third-order valence-corrected chi connectivity index (χ3v) is 5.39. The number of benzene rings is 2. The lowest BCUT2D eigenvalue weighted by molar-refractivity contribution is -0.138. The zero-order chi connectivity index (χ0) is 22.0. The zero-order valence-corrected chi connectivity index (χ0v) is 17.4. The number of methoxy groups -OCH3 is 2. The minimum absolute atomic E-state index is 0.0799. The molecule has 31 heavy (non-hydrogen) atoms. The largest absolute Gasteiger partial charge is 0.493 e. The third-order valence-electron chi connectivity index (χ3n) is 5.39. The summed E-state index contributed by atoms with van der Waals surface area (Å²) in [6.07, 6.45) is 0. The summed E-state index contributed by atoms with van der Waals surface area (Å²) in [4.78, 5) is 29.8. The van der Waals surface area contributed by atoms with E-state index in [0.717, 1.165) is 5.56 Å². The van der Waals surface area contributed by atoms with Crippen molar-refractivity contribution in [3.05, 3.63) is 65.1 Å². The molecule has 4 rings (SSSR count). The highest BCUT2D eigenvalue weighted by Gasteiger charge is 2.41. The molecule has 2 aliphatic heterocycles. The van der Waals surface area contributed by atoms with Gasteiger partial charge in [-0.05, 0) is 35.4 Å². The summed E-state index contributed by atoms with van der Waals surface area (Å²) in [5.74, 6) is -0.117. The number of hydrogen-bond donors (Lipinski definition) is 0. The lowest BCUT2D eigenvalue weighted by Gasteiger charge is -2.29. The number of ether oxygens (including phenoxy) is 3. The number of carbonyl (C=O) groups excluding carboxylic acids is 2. The Balaban J connectivity index is 1.70. The topological polar surface area (TPSA) is 68.3 Å². The molecule has 2 aliphatic rings. The monoisotopic (exact) mass is 426 g/mol. The van der Waals surface area contributed by atoms with Crippen LogP contribution in [0.1, 0.15) is 11.1 Å². The minimum Gasteiger partial charge on any atom is -0.493 e. The lowest BCUT2D eigenvalue weighted by atomic mass is 10.0. The second-order valence-corrected chi connectivity index (χ2v) is 7.22. The summed E-state index contributed by atoms with van der Waals surface area (Å²) in [5, 5.41) is 0. The van der Waals surface area contributed by atoms with Gasteiger partial charge in [0.25, 0.3) is 11.8 Å². The van der Waals surface area contributed by atoms with E-state index in [2.05, 4.69) is 0 Å². The molecule has 0 saturated carbocycles. The summed E-state index contributed by atoms with van der Waals surface area (Å²) in [7, 11) is 3.07. The highest BCUT2D eigenvalue weighted by Crippen LogP contribution is 2.34. The Hall–Kier alpha value is -3.39. The van der Waals surface area contributed by atoms with Crippen LogP contribution in [0.2, 0.25) is 0 Å². The Bertz CT molecular complexity index is 1030. The molecule has 162 valence electrons. The predicted octanol–water partition coefficient (Wildman–Crippen LogP) is 2.46. The van der Waals surface area contributed by atoms with Gasteiger partial charge in [-0.3, -0.25) is 14.5 Å². The number of hydrogen-bond acceptors (Lipinski definition) is 6. The second kappa shape index (κ2) is 8.77. The van der Waals surface area contributed by atoms with Crippen LogP contribution >= 0.6 is 0 Å². The molecule has 1 fully saturated rings. The van der Waals surface area contributed by atoms with E-state index in [1.165, 1.54) is 36.3 Å². The van der Waals surface area contributed by atoms with Gasteiger partial charge in [-0.1, -0.05) is 18.2 Å². The molecular weight excluding hydrogens is 403 g/mol. The van der Waals surface area contributed by atoms with Crippen molar-refractivity contribution in [2.75, 3.05) is 40.5 Å². The Morgan fingerprint density at radius 1 is 0.935 bits per heavy atom. The summed E-state index contributed by atoms with van der Waals surface area (Å²) in [6, 6.07) is 10.9. The molecule has 0 atom stereocenters. The van der Waals surface area contributed by atoms with Gasteiger partial charge in [0.05, 0.1) is 39.6 Å². The zero-order valence-electron chi connectivity index (χ0n) is 17.4.